The molecule has 0 unspecified atom stereocenters. The van der Waals surface area contributed by atoms with Gasteiger partial charge < -0.3 is 10.6 Å². The first-order chi connectivity index (χ1) is 15.6. The van der Waals surface area contributed by atoms with E-state index in [2.05, 4.69) is 5.10 Å². The van der Waals surface area contributed by atoms with Gasteiger partial charge in [0.15, 0.2) is 10.8 Å². The van der Waals surface area contributed by atoms with Crippen LogP contribution in [-0.2, 0) is 21.4 Å². The van der Waals surface area contributed by atoms with E-state index >= 15 is 0 Å². The third kappa shape index (κ3) is 4.74. The van der Waals surface area contributed by atoms with Crippen molar-refractivity contribution in [1.29, 1.82) is 0 Å². The zero-order valence-corrected chi connectivity index (χ0v) is 19.4. The fourth-order valence-electron chi connectivity index (χ4n) is 3.43. The van der Waals surface area contributed by atoms with Crippen molar-refractivity contribution in [3.8, 4) is 0 Å². The number of hydrogen-bond donors (Lipinski definition) is 2. The zero-order chi connectivity index (χ0) is 23.8. The Balaban J connectivity index is 1.81. The van der Waals surface area contributed by atoms with Crippen molar-refractivity contribution in [3.63, 3.8) is 0 Å². The lowest BCUT2D eigenvalue weighted by atomic mass is 10.1. The summed E-state index contributed by atoms with van der Waals surface area (Å²) in [7, 11) is -3.97. The lowest BCUT2D eigenvalue weighted by Gasteiger charge is -2.19. The Morgan fingerprint density at radius 2 is 1.79 bits per heavy atom. The minimum absolute atomic E-state index is 0.0893. The number of hydrogen-bond acceptors (Lipinski definition) is 5. The highest BCUT2D eigenvalue weighted by atomic mass is 35.5. The summed E-state index contributed by atoms with van der Waals surface area (Å²) in [5.74, 6) is -0.375. The number of hydrazone groups is 1. The van der Waals surface area contributed by atoms with E-state index in [1.165, 1.54) is 18.2 Å². The van der Waals surface area contributed by atoms with Gasteiger partial charge in [0.25, 0.3) is 5.91 Å². The molecule has 0 aromatic heterocycles. The quantitative estimate of drug-likeness (QED) is 0.411. The summed E-state index contributed by atoms with van der Waals surface area (Å²) in [5.41, 5.74) is 8.27. The predicted octanol–water partition coefficient (Wildman–Crippen LogP) is 2.99. The molecule has 1 amide bonds. The van der Waals surface area contributed by atoms with Crippen molar-refractivity contribution in [1.82, 2.24) is 0 Å². The number of halogens is 1. The normalized spacial score (nSPS) is 14.4. The third-order valence-corrected chi connectivity index (χ3v) is 6.26. The van der Waals surface area contributed by atoms with Crippen LogP contribution in [0.3, 0.4) is 0 Å². The number of carbonyl (C=O) groups is 1. The maximum absolute atomic E-state index is 13.4. The molecule has 168 valence electrons. The highest BCUT2D eigenvalue weighted by Crippen LogP contribution is 2.34. The molecule has 11 heteroatoms. The van der Waals surface area contributed by atoms with Crippen LogP contribution < -0.4 is 20.8 Å². The number of amides is 1. The number of fused-ring (bicyclic) bond motifs is 1. The van der Waals surface area contributed by atoms with Crippen molar-refractivity contribution in [2.75, 3.05) is 9.91 Å². The van der Waals surface area contributed by atoms with E-state index < -0.39 is 10.0 Å². The van der Waals surface area contributed by atoms with Crippen LogP contribution in [0.15, 0.2) is 82.8 Å². The standard InChI is InChI=1S/C22H18ClN5O3S2/c23-15-9-10-18-19(11-15)27(13-14-5-2-1-3-6-14)21(29)20(18)26-28(22(24)32)16-7-4-8-17(12-16)33(25,30)31/h1-12H,13H2,(H2,24,32)(H2,25,30,31)/b26-20-. The molecule has 0 saturated heterocycles. The fourth-order valence-corrected chi connectivity index (χ4v) is 4.29. The minimum atomic E-state index is -3.97. The molecular formula is C22H18ClN5O3S2. The number of benzene rings is 3. The lowest BCUT2D eigenvalue weighted by Crippen LogP contribution is -2.35. The van der Waals surface area contributed by atoms with Crippen LogP contribution in [0.5, 0.6) is 0 Å². The molecule has 1 heterocycles. The van der Waals surface area contributed by atoms with Gasteiger partial charge in [-0.05, 0) is 54.2 Å². The average molecular weight is 500 g/mol. The van der Waals surface area contributed by atoms with Crippen LogP contribution in [0.25, 0.3) is 0 Å². The largest absolute Gasteiger partial charge is 0.374 e. The summed E-state index contributed by atoms with van der Waals surface area (Å²) in [5, 5.41) is 11.1. The molecule has 3 aromatic carbocycles. The van der Waals surface area contributed by atoms with Crippen molar-refractivity contribution in [2.24, 2.45) is 16.0 Å². The van der Waals surface area contributed by atoms with Crippen LogP contribution >= 0.6 is 23.8 Å². The first-order valence-electron chi connectivity index (χ1n) is 9.62. The van der Waals surface area contributed by atoms with E-state index in [-0.39, 0.29) is 27.3 Å². The first kappa shape index (κ1) is 22.9. The van der Waals surface area contributed by atoms with E-state index in [1.807, 2.05) is 30.3 Å². The zero-order valence-electron chi connectivity index (χ0n) is 17.1. The van der Waals surface area contributed by atoms with Crippen LogP contribution in [-0.4, -0.2) is 25.1 Å². The van der Waals surface area contributed by atoms with Crippen molar-refractivity contribution in [3.05, 3.63) is 88.9 Å². The monoisotopic (exact) mass is 499 g/mol. The molecule has 4 rings (SSSR count). The highest BCUT2D eigenvalue weighted by molar-refractivity contribution is 7.89. The van der Waals surface area contributed by atoms with E-state index in [1.54, 1.807) is 29.2 Å². The Bertz CT molecular complexity index is 1390. The average Bonchev–Trinajstić information content (AvgIpc) is 3.02. The van der Waals surface area contributed by atoms with Crippen molar-refractivity contribution in [2.45, 2.75) is 11.4 Å². The number of carbonyl (C=O) groups excluding carboxylic acids is 1. The van der Waals surface area contributed by atoms with Gasteiger partial charge >= 0.3 is 0 Å². The van der Waals surface area contributed by atoms with E-state index in [0.717, 1.165) is 10.6 Å². The van der Waals surface area contributed by atoms with Gasteiger partial charge in [-0.15, -0.1) is 0 Å². The maximum atomic E-state index is 13.4. The SMILES string of the molecule is NC(=S)N(/N=C1\C(=O)N(Cc2ccccc2)c2cc(Cl)ccc21)c1cccc(S(N)(=O)=O)c1. The summed E-state index contributed by atoms with van der Waals surface area (Å²) in [6.45, 7) is 0.306. The van der Waals surface area contributed by atoms with Gasteiger partial charge in [-0.25, -0.2) is 18.6 Å². The number of primary sulfonamides is 1. The minimum Gasteiger partial charge on any atom is -0.374 e. The first-order valence-corrected chi connectivity index (χ1v) is 11.9. The molecule has 0 aliphatic carbocycles. The van der Waals surface area contributed by atoms with Crippen molar-refractivity contribution >= 4 is 61.9 Å². The number of anilines is 2. The van der Waals surface area contributed by atoms with Gasteiger partial charge in [0.05, 0.1) is 22.8 Å². The van der Waals surface area contributed by atoms with Crippen LogP contribution in [0.1, 0.15) is 11.1 Å². The summed E-state index contributed by atoms with van der Waals surface area (Å²) in [4.78, 5) is 14.8. The summed E-state index contributed by atoms with van der Waals surface area (Å²) in [6, 6.07) is 20.2. The van der Waals surface area contributed by atoms with Gasteiger partial charge in [0.1, 0.15) is 0 Å². The Hall–Kier alpha value is -3.31. The van der Waals surface area contributed by atoms with E-state index in [0.29, 0.717) is 22.8 Å². The van der Waals surface area contributed by atoms with Crippen LogP contribution in [0, 0.1) is 0 Å². The third-order valence-electron chi connectivity index (χ3n) is 4.94. The molecule has 0 bridgehead atoms. The van der Waals surface area contributed by atoms with Gasteiger partial charge in [0, 0.05) is 10.6 Å². The molecule has 0 atom stereocenters. The topological polar surface area (TPSA) is 122 Å². The molecule has 1 aliphatic rings. The number of sulfonamides is 1. The van der Waals surface area contributed by atoms with E-state index in [4.69, 9.17) is 34.7 Å². The lowest BCUT2D eigenvalue weighted by molar-refractivity contribution is -0.112. The second-order valence-corrected chi connectivity index (χ2v) is 9.60. The molecule has 0 spiro atoms. The second-order valence-electron chi connectivity index (χ2n) is 7.18. The predicted molar refractivity (Wildman–Crippen MR) is 133 cm³/mol. The molecule has 1 aliphatic heterocycles. The molecule has 3 aromatic rings. The Kier molecular flexibility index (Phi) is 6.17. The van der Waals surface area contributed by atoms with Crippen LogP contribution in [0.2, 0.25) is 5.02 Å². The number of nitrogens with two attached hydrogens (primary N) is 2. The Morgan fingerprint density at radius 1 is 1.06 bits per heavy atom. The number of thiocarbonyl (C=S) groups is 1. The van der Waals surface area contributed by atoms with Crippen molar-refractivity contribution < 1.29 is 13.2 Å². The van der Waals surface area contributed by atoms with Gasteiger partial charge in [0.2, 0.25) is 10.0 Å². The maximum Gasteiger partial charge on any atom is 0.279 e. The van der Waals surface area contributed by atoms with Gasteiger partial charge in [-0.2, -0.15) is 5.10 Å². The second kappa shape index (κ2) is 8.91. The summed E-state index contributed by atoms with van der Waals surface area (Å²) < 4.78 is 23.5. The van der Waals surface area contributed by atoms with E-state index in [9.17, 15) is 13.2 Å². The highest BCUT2D eigenvalue weighted by Gasteiger charge is 2.35. The molecular weight excluding hydrogens is 482 g/mol. The van der Waals surface area contributed by atoms with Gasteiger partial charge in [-0.3, -0.25) is 4.79 Å². The molecule has 33 heavy (non-hydrogen) atoms. The molecule has 8 nitrogen and oxygen atoms in total. The number of nitrogens with zero attached hydrogens (tertiary/aromatic N) is 3. The number of rotatable bonds is 5. The van der Waals surface area contributed by atoms with Crippen LogP contribution in [0.4, 0.5) is 11.4 Å². The molecule has 0 fully saturated rings. The molecule has 0 radical (unpaired) electrons. The fraction of sp³-hybridized carbons (Fsp3) is 0.0455. The Labute approximate surface area is 201 Å². The Morgan fingerprint density at radius 3 is 2.45 bits per heavy atom. The van der Waals surface area contributed by atoms with Gasteiger partial charge in [-0.1, -0.05) is 48.0 Å². The summed E-state index contributed by atoms with van der Waals surface area (Å²) >= 11 is 11.3. The molecule has 4 N–H and O–H groups in total. The summed E-state index contributed by atoms with van der Waals surface area (Å²) in [6.07, 6.45) is 0. The smallest absolute Gasteiger partial charge is 0.279 e. The molecule has 0 saturated carbocycles.